The number of carbonyl (C=O) groups excluding carboxylic acids is 20. The highest BCUT2D eigenvalue weighted by Gasteiger charge is 2.50. The van der Waals surface area contributed by atoms with Gasteiger partial charge in [0.15, 0.2) is 0 Å². The van der Waals surface area contributed by atoms with E-state index >= 15 is 0 Å². The number of urea groups is 2. The first-order valence-corrected chi connectivity index (χ1v) is 38.8. The standard InChI is InChI=1S/C16H12N2O3.C11H18O4.C9H12O4.C9H14O4.C8H10O4.C8H12O4.C7H8O4.C6H8N2O3.C6H8O4/c19-14-11-15(20)18(13-9-5-2-6-10-13)16(21)17(14)12-7-3-1-4-8-12;1-3-4-5-6-7-11(2)14-9(12)8-10(13)15-11;10-7-6-8(11)13-9(12-7)4-2-1-3-5-9;1-6(2)5-9(3)12-7(10)4-8(11)13-9;9-6-5-7(10)12-8(11-6)3-1-2-4-8;1-3-8(4-2)11-6(9)5-7(10)12-8;8-5-4-6(9)11-7(10-5)2-1-3-7;1-7-4(9)3-5(10)8(2)6(7)11;1-6(2)9-4(7)3-5(8)10-6/h1-10H,11H2;3-8H2,1-2H3;1-6H2;6H,4-5H2,1-3H3;1-5H2;3-5H2,1-2H3;1-4H2;3H2,1-2H3;3H2,1-2H3. The van der Waals surface area contributed by atoms with Gasteiger partial charge in [-0.05, 0) is 68.7 Å². The summed E-state index contributed by atoms with van der Waals surface area (Å²) in [6.45, 7) is 16.0. The first kappa shape index (κ1) is 95.1. The first-order valence-electron chi connectivity index (χ1n) is 38.8. The van der Waals surface area contributed by atoms with Crippen molar-refractivity contribution in [3.8, 4) is 0 Å². The SMILES string of the molecule is CC(C)CC1(C)OC(=O)CC(=O)O1.CC1(C)OC(=O)CC(=O)O1.CCC1(CC)OC(=O)CC(=O)O1.CCCCCCC1(C)OC(=O)CC(=O)O1.CN1C(=O)CC(=O)N(C)C1=O.O=C1CC(=O)N(c2ccccc2)C(=O)N1c1ccccc1.O=C1CC(=O)OC2(CCC2)O1.O=C1CC(=O)OC2(CCCC2)O1.O=C1CC(=O)OC2(CCCCC2)O1. The molecular weight excluding hydrogens is 1560 g/mol. The molecular formula is C80H102N4O34. The lowest BCUT2D eigenvalue weighted by molar-refractivity contribution is -0.269. The molecule has 0 radical (unpaired) electrons. The maximum absolute atomic E-state index is 12.6. The highest BCUT2D eigenvalue weighted by molar-refractivity contribution is 6.35. The molecule has 12 fully saturated rings. The molecule has 2 aromatic rings. The lowest BCUT2D eigenvalue weighted by atomic mass is 9.90. The van der Waals surface area contributed by atoms with Crippen molar-refractivity contribution in [1.82, 2.24) is 9.80 Å². The predicted octanol–water partition coefficient (Wildman–Crippen LogP) is 8.85. The summed E-state index contributed by atoms with van der Waals surface area (Å²) in [5.41, 5.74) is 0.918. The van der Waals surface area contributed by atoms with E-state index in [4.69, 9.17) is 56.8 Å². The fourth-order valence-corrected chi connectivity index (χ4v) is 13.1. The molecule has 0 bridgehead atoms. The Bertz CT molecular complexity index is 3840. The number of nitrogens with zero attached hydrogens (tertiary/aromatic N) is 4. The molecule has 646 valence electrons. The van der Waals surface area contributed by atoms with Crippen molar-refractivity contribution in [1.29, 1.82) is 0 Å². The molecule has 0 N–H and O–H groups in total. The van der Waals surface area contributed by atoms with Gasteiger partial charge < -0.3 is 66.3 Å². The summed E-state index contributed by atoms with van der Waals surface area (Å²) in [7, 11) is 2.71. The number of rotatable bonds is 11. The number of cyclic esters (lactones) is 8. The van der Waals surface area contributed by atoms with Crippen LogP contribution < -0.4 is 9.80 Å². The number of unbranched alkanes of at least 4 members (excludes halogenated alkanes) is 3. The third kappa shape index (κ3) is 29.1. The van der Waals surface area contributed by atoms with Crippen molar-refractivity contribution < 1.29 is 162 Å². The Morgan fingerprint density at radius 3 is 0.898 bits per heavy atom. The number of hydrogen-bond donors (Lipinski definition) is 0. The third-order valence-electron chi connectivity index (χ3n) is 18.7. The minimum Gasteiger partial charge on any atom is -0.423 e. The predicted molar refractivity (Wildman–Crippen MR) is 397 cm³/mol. The van der Waals surface area contributed by atoms with Crippen LogP contribution in [0.1, 0.15) is 249 Å². The van der Waals surface area contributed by atoms with Crippen LogP contribution in [0.5, 0.6) is 0 Å². The van der Waals surface area contributed by atoms with E-state index in [2.05, 4.69) is 16.4 Å². The van der Waals surface area contributed by atoms with E-state index in [-0.39, 0.29) is 57.8 Å². The van der Waals surface area contributed by atoms with Crippen LogP contribution in [-0.2, 0) is 153 Å². The Balaban J connectivity index is 0.000000208. The van der Waals surface area contributed by atoms with Gasteiger partial charge in [0.2, 0.25) is 23.6 Å². The Morgan fingerprint density at radius 1 is 0.314 bits per heavy atom. The van der Waals surface area contributed by atoms with Crippen molar-refractivity contribution in [3.05, 3.63) is 60.7 Å². The largest absolute Gasteiger partial charge is 0.423 e. The summed E-state index contributed by atoms with van der Waals surface area (Å²) >= 11 is 0. The Hall–Kier alpha value is -11.8. The second-order valence-electron chi connectivity index (χ2n) is 29.9. The molecule has 0 unspecified atom stereocenters. The molecule has 3 saturated carbocycles. The molecule has 118 heavy (non-hydrogen) atoms. The smallest absolute Gasteiger partial charge is 0.342 e. The maximum atomic E-state index is 12.6. The van der Waals surface area contributed by atoms with Crippen LogP contribution in [0.4, 0.5) is 21.0 Å². The minimum absolute atomic E-state index is 0.210. The number of para-hydroxylation sites is 2. The van der Waals surface area contributed by atoms with Crippen LogP contribution in [0.3, 0.4) is 0 Å². The average Bonchev–Trinajstić information content (AvgIpc) is 0.924. The molecule has 12 aliphatic rings. The number of imide groups is 4. The molecule has 2 aromatic carbocycles. The van der Waals surface area contributed by atoms with E-state index < -0.39 is 160 Å². The summed E-state index contributed by atoms with van der Waals surface area (Å²) < 4.78 is 69.3. The minimum atomic E-state index is -1.08. The summed E-state index contributed by atoms with van der Waals surface area (Å²) in [5.74, 6) is -15.1. The van der Waals surface area contributed by atoms with Crippen molar-refractivity contribution >= 4 is 131 Å². The van der Waals surface area contributed by atoms with Crippen LogP contribution in [-0.4, -0.2) is 184 Å². The van der Waals surface area contributed by atoms with Gasteiger partial charge >= 0.3 is 95.6 Å². The summed E-state index contributed by atoms with van der Waals surface area (Å²) in [6.07, 6.45) is 14.0. The molecule has 38 heteroatoms. The van der Waals surface area contributed by atoms with Crippen molar-refractivity contribution in [3.63, 3.8) is 0 Å². The number of carbonyl (C=O) groups is 20. The van der Waals surface area contributed by atoms with Crippen molar-refractivity contribution in [2.24, 2.45) is 5.92 Å². The molecule has 9 heterocycles. The number of hydrogen-bond acceptors (Lipinski definition) is 34. The Morgan fingerprint density at radius 2 is 0.602 bits per heavy atom. The molecule has 3 spiro atoms. The Labute approximate surface area is 679 Å². The summed E-state index contributed by atoms with van der Waals surface area (Å²) in [5, 5.41) is 0. The highest BCUT2D eigenvalue weighted by atomic mass is 16.8. The fourth-order valence-electron chi connectivity index (χ4n) is 13.1. The van der Waals surface area contributed by atoms with Gasteiger partial charge in [-0.25, -0.2) is 19.4 Å². The van der Waals surface area contributed by atoms with Crippen LogP contribution >= 0.6 is 0 Å². The molecule has 9 saturated heterocycles. The highest BCUT2D eigenvalue weighted by Crippen LogP contribution is 2.41. The van der Waals surface area contributed by atoms with Crippen LogP contribution in [0.15, 0.2) is 60.7 Å². The monoisotopic (exact) mass is 1660 g/mol. The normalized spacial score (nSPS) is 21.8. The number of ether oxygens (including phenoxy) is 14. The Kier molecular flexibility index (Phi) is 34.2. The quantitative estimate of drug-likeness (QED) is 0.0876. The first-order chi connectivity index (χ1) is 55.4. The summed E-state index contributed by atoms with van der Waals surface area (Å²) in [6, 6.07) is 16.0. The lowest BCUT2D eigenvalue weighted by Crippen LogP contribution is -2.55. The van der Waals surface area contributed by atoms with Crippen LogP contribution in [0.2, 0.25) is 0 Å². The van der Waals surface area contributed by atoms with Crippen LogP contribution in [0, 0.1) is 5.92 Å². The van der Waals surface area contributed by atoms with E-state index in [1.54, 1.807) is 74.5 Å². The second-order valence-corrected chi connectivity index (χ2v) is 29.9. The number of barbiturate groups is 2. The van der Waals surface area contributed by atoms with E-state index in [9.17, 15) is 95.9 Å². The van der Waals surface area contributed by atoms with E-state index in [0.29, 0.717) is 81.5 Å². The molecule has 0 aromatic heterocycles. The molecule has 0 atom stereocenters. The molecule has 14 rings (SSSR count). The average molecular weight is 1660 g/mol. The number of benzene rings is 2. The van der Waals surface area contributed by atoms with E-state index in [0.717, 1.165) is 83.8 Å². The zero-order chi connectivity index (χ0) is 87.6. The number of anilines is 2. The molecule has 9 aliphatic heterocycles. The van der Waals surface area contributed by atoms with E-state index in [1.807, 2.05) is 27.7 Å². The van der Waals surface area contributed by atoms with Gasteiger partial charge in [0.05, 0.1) is 11.4 Å². The third-order valence-corrected chi connectivity index (χ3v) is 18.7. The van der Waals surface area contributed by atoms with Gasteiger partial charge in [0, 0.05) is 106 Å². The van der Waals surface area contributed by atoms with Gasteiger partial charge in [0.25, 0.3) is 40.5 Å². The lowest BCUT2D eigenvalue weighted by Gasteiger charge is -2.41. The van der Waals surface area contributed by atoms with Gasteiger partial charge in [-0.2, -0.15) is 0 Å². The maximum Gasteiger partial charge on any atom is 0.342 e. The molecule has 8 amide bonds. The van der Waals surface area contributed by atoms with E-state index in [1.165, 1.54) is 27.9 Å². The number of amides is 8. The van der Waals surface area contributed by atoms with Crippen molar-refractivity contribution in [2.75, 3.05) is 23.9 Å². The van der Waals surface area contributed by atoms with Crippen molar-refractivity contribution in [2.45, 2.75) is 289 Å². The summed E-state index contributed by atoms with van der Waals surface area (Å²) in [4.78, 5) is 225. The zero-order valence-electron chi connectivity index (χ0n) is 68.0. The number of esters is 14. The molecule has 3 aliphatic carbocycles. The van der Waals surface area contributed by atoms with Gasteiger partial charge in [-0.3, -0.25) is 96.1 Å². The molecule has 38 nitrogen and oxygen atoms in total. The topological polar surface area (TPSA) is 484 Å². The van der Waals surface area contributed by atoms with Crippen LogP contribution in [0.25, 0.3) is 0 Å². The van der Waals surface area contributed by atoms with Gasteiger partial charge in [-0.15, -0.1) is 0 Å². The van der Waals surface area contributed by atoms with Gasteiger partial charge in [0.1, 0.15) is 57.8 Å². The fraction of sp³-hybridized carbons (Fsp3) is 0.600. The zero-order valence-corrected chi connectivity index (χ0v) is 68.0. The van der Waals surface area contributed by atoms with Gasteiger partial charge in [-0.1, -0.05) is 96.7 Å². The second kappa shape index (κ2) is 42.4.